The predicted octanol–water partition coefficient (Wildman–Crippen LogP) is 3.27. The summed E-state index contributed by atoms with van der Waals surface area (Å²) in [6.45, 7) is 1.80. The van der Waals surface area contributed by atoms with E-state index < -0.39 is 27.8 Å². The van der Waals surface area contributed by atoms with Gasteiger partial charge in [0, 0.05) is 16.3 Å². The molecule has 1 aliphatic rings. The van der Waals surface area contributed by atoms with Crippen molar-refractivity contribution in [2.24, 2.45) is 0 Å². The molecule has 1 unspecified atom stereocenters. The second kappa shape index (κ2) is 6.88. The Bertz CT molecular complexity index is 1590. The molecule has 2 aromatic heterocycles. The molecule has 0 spiro atoms. The Labute approximate surface area is 180 Å². The van der Waals surface area contributed by atoms with Crippen LogP contribution in [0.3, 0.4) is 0 Å². The van der Waals surface area contributed by atoms with Crippen molar-refractivity contribution in [3.8, 4) is 0 Å². The number of aryl methyl sites for hydroxylation is 1. The fourth-order valence-corrected chi connectivity index (χ4v) is 5.73. The average molecular weight is 451 g/mol. The van der Waals surface area contributed by atoms with Crippen LogP contribution < -0.4 is 5.43 Å². The van der Waals surface area contributed by atoms with Crippen molar-refractivity contribution in [2.45, 2.75) is 17.9 Å². The number of pyridine rings is 1. The summed E-state index contributed by atoms with van der Waals surface area (Å²) in [5.74, 6) is -1.66. The van der Waals surface area contributed by atoms with E-state index >= 15 is 0 Å². The van der Waals surface area contributed by atoms with Crippen LogP contribution >= 0.6 is 11.3 Å². The molecule has 0 bridgehead atoms. The lowest BCUT2D eigenvalue weighted by Crippen LogP contribution is -2.29. The lowest BCUT2D eigenvalue weighted by molar-refractivity contribution is 0.0711. The third kappa shape index (κ3) is 3.01. The van der Waals surface area contributed by atoms with Crippen LogP contribution in [0.15, 0.2) is 64.4 Å². The zero-order valence-electron chi connectivity index (χ0n) is 16.0. The predicted molar refractivity (Wildman–Crippen MR) is 115 cm³/mol. The number of Topliss-reactive ketones (excluding diaryl/α,β-unsaturated/α-hetero) is 2. The van der Waals surface area contributed by atoms with Crippen LogP contribution in [0.2, 0.25) is 0 Å². The summed E-state index contributed by atoms with van der Waals surface area (Å²) < 4.78 is 31.3. The molecule has 0 radical (unpaired) electrons. The number of hydrogen-bond donors (Lipinski definition) is 0. The molecule has 154 valence electrons. The van der Waals surface area contributed by atoms with Gasteiger partial charge in [0.2, 0.25) is 17.7 Å². The third-order valence-electron chi connectivity index (χ3n) is 5.11. The first kappa shape index (κ1) is 19.7. The second-order valence-corrected chi connectivity index (χ2v) is 9.75. The van der Waals surface area contributed by atoms with Gasteiger partial charge in [0.05, 0.1) is 20.5 Å². The molecule has 0 fully saturated rings. The normalized spacial score (nSPS) is 16.2. The van der Waals surface area contributed by atoms with E-state index in [-0.39, 0.29) is 27.0 Å². The molecule has 31 heavy (non-hydrogen) atoms. The fraction of sp³-hybridized carbons (Fsp3) is 0.0909. The highest BCUT2D eigenvalue weighted by atomic mass is 32.2. The van der Waals surface area contributed by atoms with Gasteiger partial charge in [0.25, 0.3) is 10.1 Å². The van der Waals surface area contributed by atoms with Gasteiger partial charge < -0.3 is 0 Å². The van der Waals surface area contributed by atoms with Crippen LogP contribution in [0.1, 0.15) is 26.4 Å². The molecule has 1 atom stereocenters. The summed E-state index contributed by atoms with van der Waals surface area (Å²) in [5, 5.41) is 0.680. The highest BCUT2D eigenvalue weighted by molar-refractivity contribution is 7.86. The van der Waals surface area contributed by atoms with Crippen LogP contribution in [-0.2, 0) is 14.3 Å². The summed E-state index contributed by atoms with van der Waals surface area (Å²) in [6.07, 6.45) is -0.616. The van der Waals surface area contributed by atoms with Gasteiger partial charge in [-0.3, -0.25) is 19.4 Å². The van der Waals surface area contributed by atoms with E-state index in [1.54, 1.807) is 43.3 Å². The maximum atomic E-state index is 13.1. The van der Waals surface area contributed by atoms with Crippen LogP contribution in [0.5, 0.6) is 0 Å². The van der Waals surface area contributed by atoms with E-state index in [4.69, 9.17) is 4.18 Å². The first-order valence-corrected chi connectivity index (χ1v) is 11.4. The Kier molecular flexibility index (Phi) is 4.37. The minimum atomic E-state index is -4.37. The van der Waals surface area contributed by atoms with Gasteiger partial charge in [-0.25, -0.2) is 4.18 Å². The van der Waals surface area contributed by atoms with Gasteiger partial charge >= 0.3 is 0 Å². The molecule has 9 heteroatoms. The third-order valence-corrected chi connectivity index (χ3v) is 7.61. The smallest absolute Gasteiger partial charge is 0.290 e. The summed E-state index contributed by atoms with van der Waals surface area (Å²) >= 11 is 1.18. The fourth-order valence-electron chi connectivity index (χ4n) is 3.52. The number of ketones is 2. The van der Waals surface area contributed by atoms with Gasteiger partial charge in [0.15, 0.2) is 5.43 Å². The van der Waals surface area contributed by atoms with Crippen molar-refractivity contribution in [3.63, 3.8) is 0 Å². The minimum absolute atomic E-state index is 0.0699. The van der Waals surface area contributed by atoms with Crippen LogP contribution in [0.25, 0.3) is 20.2 Å². The van der Waals surface area contributed by atoms with Gasteiger partial charge in [-0.05, 0) is 31.2 Å². The molecular weight excluding hydrogens is 438 g/mol. The van der Waals surface area contributed by atoms with Gasteiger partial charge in [-0.2, -0.15) is 8.42 Å². The molecule has 1 aliphatic carbocycles. The molecule has 2 heterocycles. The summed E-state index contributed by atoms with van der Waals surface area (Å²) in [5.41, 5.74) is 0.278. The highest BCUT2D eigenvalue weighted by Gasteiger charge is 2.45. The maximum absolute atomic E-state index is 13.1. The maximum Gasteiger partial charge on any atom is 0.298 e. The van der Waals surface area contributed by atoms with E-state index in [9.17, 15) is 22.8 Å². The molecule has 0 N–H and O–H groups in total. The first-order chi connectivity index (χ1) is 14.8. The molecule has 0 amide bonds. The van der Waals surface area contributed by atoms with Gasteiger partial charge in [-0.15, -0.1) is 11.3 Å². The molecule has 2 aromatic carbocycles. The van der Waals surface area contributed by atoms with Crippen LogP contribution in [0.4, 0.5) is 0 Å². The first-order valence-electron chi connectivity index (χ1n) is 9.21. The standard InChI is InChI=1S/C22H13NO6S2/c1-11-6-8-12(9-7-11)31(27,28)29-21-19(25)16-17(20(21)26)23-10-14-18(24)13-4-2-3-5-15(13)30-22(14)16/h2-10,21H,1H3. The molecule has 0 saturated carbocycles. The number of carbonyl (C=O) groups is 2. The van der Waals surface area contributed by atoms with Crippen molar-refractivity contribution >= 4 is 53.2 Å². The molecule has 4 aromatic rings. The van der Waals surface area contributed by atoms with Crippen molar-refractivity contribution in [1.82, 2.24) is 4.98 Å². The largest absolute Gasteiger partial charge is 0.298 e. The average Bonchev–Trinajstić information content (AvgIpc) is 2.99. The van der Waals surface area contributed by atoms with E-state index in [1.165, 1.54) is 29.7 Å². The Morgan fingerprint density at radius 3 is 2.39 bits per heavy atom. The van der Waals surface area contributed by atoms with Crippen molar-refractivity contribution in [2.75, 3.05) is 0 Å². The molecule has 7 nitrogen and oxygen atoms in total. The van der Waals surface area contributed by atoms with Crippen molar-refractivity contribution in [1.29, 1.82) is 0 Å². The topological polar surface area (TPSA) is 107 Å². The minimum Gasteiger partial charge on any atom is -0.290 e. The molecular formula is C22H13NO6S2. The quantitative estimate of drug-likeness (QED) is 0.267. The monoisotopic (exact) mass is 451 g/mol. The Morgan fingerprint density at radius 1 is 0.935 bits per heavy atom. The number of aromatic nitrogens is 1. The molecule has 0 aliphatic heterocycles. The summed E-state index contributed by atoms with van der Waals surface area (Å²) in [6, 6.07) is 12.8. The zero-order valence-corrected chi connectivity index (χ0v) is 17.6. The Hall–Kier alpha value is -3.27. The Morgan fingerprint density at radius 2 is 1.65 bits per heavy atom. The zero-order chi connectivity index (χ0) is 21.9. The second-order valence-electron chi connectivity index (χ2n) is 7.12. The van der Waals surface area contributed by atoms with Crippen LogP contribution in [-0.4, -0.2) is 31.1 Å². The Balaban J connectivity index is 1.64. The van der Waals surface area contributed by atoms with E-state index in [0.29, 0.717) is 14.8 Å². The highest BCUT2D eigenvalue weighted by Crippen LogP contribution is 2.34. The van der Waals surface area contributed by atoms with Crippen molar-refractivity contribution in [3.05, 3.63) is 81.8 Å². The number of nitrogens with zero attached hydrogens (tertiary/aromatic N) is 1. The number of rotatable bonds is 3. The number of benzene rings is 2. The molecule has 0 saturated heterocycles. The van der Waals surface area contributed by atoms with Crippen LogP contribution in [0, 0.1) is 6.92 Å². The van der Waals surface area contributed by atoms with Gasteiger partial charge in [-0.1, -0.05) is 29.8 Å². The summed E-state index contributed by atoms with van der Waals surface area (Å²) in [7, 11) is -4.37. The summed E-state index contributed by atoms with van der Waals surface area (Å²) in [4.78, 5) is 42.6. The van der Waals surface area contributed by atoms with Gasteiger partial charge in [0.1, 0.15) is 5.69 Å². The lowest BCUT2D eigenvalue weighted by atomic mass is 10.1. The van der Waals surface area contributed by atoms with E-state index in [0.717, 1.165) is 5.56 Å². The van der Waals surface area contributed by atoms with E-state index in [1.807, 2.05) is 0 Å². The number of carbonyl (C=O) groups excluding carboxylic acids is 2. The number of hydrogen-bond acceptors (Lipinski definition) is 8. The van der Waals surface area contributed by atoms with Crippen molar-refractivity contribution < 1.29 is 22.2 Å². The lowest BCUT2D eigenvalue weighted by Gasteiger charge is -2.09. The molecule has 5 rings (SSSR count). The van der Waals surface area contributed by atoms with E-state index in [2.05, 4.69) is 4.98 Å². The number of fused-ring (bicyclic) bond motifs is 4. The SMILES string of the molecule is Cc1ccc(S(=O)(=O)OC2C(=O)c3ncc4c(=O)c5ccccc5sc4c3C2=O)cc1.